The van der Waals surface area contributed by atoms with Gasteiger partial charge in [-0.05, 0) is 23.8 Å². The van der Waals surface area contributed by atoms with E-state index in [1.54, 1.807) is 23.1 Å². The predicted octanol–water partition coefficient (Wildman–Crippen LogP) is 1.91. The average molecular weight is 326 g/mol. The lowest BCUT2D eigenvalue weighted by Crippen LogP contribution is -2.44. The first-order valence-electron chi connectivity index (χ1n) is 7.72. The fourth-order valence-electron chi connectivity index (χ4n) is 2.40. The summed E-state index contributed by atoms with van der Waals surface area (Å²) in [6, 6.07) is 12.5. The van der Waals surface area contributed by atoms with E-state index in [1.165, 1.54) is 6.26 Å². The van der Waals surface area contributed by atoms with Crippen LogP contribution in [0.2, 0.25) is 0 Å². The molecule has 1 aliphatic rings. The Morgan fingerprint density at radius 2 is 1.79 bits per heavy atom. The third-order valence-electron chi connectivity index (χ3n) is 3.63. The number of carbonyl (C=O) groups is 2. The molecule has 6 nitrogen and oxygen atoms in total. The van der Waals surface area contributed by atoms with Crippen LogP contribution in [-0.2, 0) is 9.53 Å². The van der Waals surface area contributed by atoms with E-state index in [4.69, 9.17) is 9.15 Å². The van der Waals surface area contributed by atoms with E-state index >= 15 is 0 Å². The number of hydrogen-bond donors (Lipinski definition) is 1. The zero-order valence-electron chi connectivity index (χ0n) is 13.1. The lowest BCUT2D eigenvalue weighted by atomic mass is 10.1. The van der Waals surface area contributed by atoms with Gasteiger partial charge in [0, 0.05) is 13.1 Å². The average Bonchev–Trinajstić information content (AvgIpc) is 3.17. The first-order valence-corrected chi connectivity index (χ1v) is 7.72. The van der Waals surface area contributed by atoms with Crippen LogP contribution < -0.4 is 5.32 Å². The molecule has 6 heteroatoms. The monoisotopic (exact) mass is 326 g/mol. The van der Waals surface area contributed by atoms with Crippen molar-refractivity contribution >= 4 is 17.9 Å². The van der Waals surface area contributed by atoms with Crippen LogP contribution in [-0.4, -0.2) is 43.0 Å². The summed E-state index contributed by atoms with van der Waals surface area (Å²) in [5.74, 6) is -0.533. The topological polar surface area (TPSA) is 71.8 Å². The van der Waals surface area contributed by atoms with Gasteiger partial charge in [0.05, 0.1) is 19.5 Å². The number of hydrogen-bond acceptors (Lipinski definition) is 4. The quantitative estimate of drug-likeness (QED) is 0.871. The van der Waals surface area contributed by atoms with Gasteiger partial charge in [-0.25, -0.2) is 0 Å². The summed E-state index contributed by atoms with van der Waals surface area (Å²) in [6.45, 7) is 2.00. The maximum absolute atomic E-state index is 12.8. The molecule has 0 spiro atoms. The van der Waals surface area contributed by atoms with Crippen molar-refractivity contribution in [3.05, 3.63) is 65.7 Å². The molecule has 2 amide bonds. The Morgan fingerprint density at radius 3 is 2.46 bits per heavy atom. The van der Waals surface area contributed by atoms with Gasteiger partial charge in [0.15, 0.2) is 5.76 Å². The molecular formula is C18H18N2O4. The van der Waals surface area contributed by atoms with Crippen molar-refractivity contribution in [1.29, 1.82) is 0 Å². The maximum Gasteiger partial charge on any atom is 0.291 e. The van der Waals surface area contributed by atoms with Crippen molar-refractivity contribution in [2.75, 3.05) is 26.3 Å². The van der Waals surface area contributed by atoms with Crippen LogP contribution in [0.1, 0.15) is 16.1 Å². The molecule has 1 saturated heterocycles. The molecule has 1 aliphatic heterocycles. The molecule has 1 aromatic carbocycles. The molecule has 0 atom stereocenters. The molecule has 0 radical (unpaired) electrons. The Bertz CT molecular complexity index is 717. The van der Waals surface area contributed by atoms with Crippen LogP contribution in [0.3, 0.4) is 0 Å². The van der Waals surface area contributed by atoms with Crippen LogP contribution in [0.25, 0.3) is 6.08 Å². The molecular weight excluding hydrogens is 308 g/mol. The number of carbonyl (C=O) groups excluding carboxylic acids is 2. The van der Waals surface area contributed by atoms with Crippen molar-refractivity contribution in [2.45, 2.75) is 0 Å². The highest BCUT2D eigenvalue weighted by molar-refractivity contribution is 6.04. The second kappa shape index (κ2) is 7.61. The van der Waals surface area contributed by atoms with Crippen molar-refractivity contribution < 1.29 is 18.7 Å². The lowest BCUT2D eigenvalue weighted by Gasteiger charge is -2.27. The van der Waals surface area contributed by atoms with Gasteiger partial charge in [-0.1, -0.05) is 30.3 Å². The molecule has 24 heavy (non-hydrogen) atoms. The van der Waals surface area contributed by atoms with E-state index in [-0.39, 0.29) is 17.4 Å². The van der Waals surface area contributed by atoms with E-state index in [9.17, 15) is 9.59 Å². The fourth-order valence-corrected chi connectivity index (χ4v) is 2.40. The molecule has 1 N–H and O–H groups in total. The molecule has 0 bridgehead atoms. The summed E-state index contributed by atoms with van der Waals surface area (Å²) < 4.78 is 10.4. The van der Waals surface area contributed by atoms with Crippen molar-refractivity contribution in [3.8, 4) is 0 Å². The minimum absolute atomic E-state index is 0.156. The van der Waals surface area contributed by atoms with Gasteiger partial charge < -0.3 is 19.4 Å². The Kier molecular flexibility index (Phi) is 5.08. The highest BCUT2D eigenvalue weighted by atomic mass is 16.5. The second-order valence-corrected chi connectivity index (χ2v) is 5.30. The van der Waals surface area contributed by atoms with Gasteiger partial charge in [-0.2, -0.15) is 0 Å². The van der Waals surface area contributed by atoms with Crippen LogP contribution in [0.5, 0.6) is 0 Å². The number of amides is 2. The fraction of sp³-hybridized carbons (Fsp3) is 0.222. The Balaban J connectivity index is 1.84. The number of nitrogens with zero attached hydrogens (tertiary/aromatic N) is 1. The summed E-state index contributed by atoms with van der Waals surface area (Å²) in [7, 11) is 0. The first kappa shape index (κ1) is 16.0. The van der Waals surface area contributed by atoms with E-state index in [0.717, 1.165) is 5.56 Å². The molecule has 0 aliphatic carbocycles. The highest BCUT2D eigenvalue weighted by Crippen LogP contribution is 2.11. The van der Waals surface area contributed by atoms with Crippen molar-refractivity contribution in [3.63, 3.8) is 0 Å². The lowest BCUT2D eigenvalue weighted by molar-refractivity contribution is -0.131. The number of benzene rings is 1. The normalized spacial score (nSPS) is 15.2. The van der Waals surface area contributed by atoms with Crippen LogP contribution in [0.15, 0.2) is 58.8 Å². The summed E-state index contributed by atoms with van der Waals surface area (Å²) in [5.41, 5.74) is 1.04. The summed E-state index contributed by atoms with van der Waals surface area (Å²) >= 11 is 0. The highest BCUT2D eigenvalue weighted by Gasteiger charge is 2.23. The minimum atomic E-state index is -0.455. The number of furan rings is 1. The molecule has 3 rings (SSSR count). The summed E-state index contributed by atoms with van der Waals surface area (Å²) in [5, 5.41) is 2.66. The smallest absolute Gasteiger partial charge is 0.291 e. The van der Waals surface area contributed by atoms with Gasteiger partial charge in [0.2, 0.25) is 0 Å². The third-order valence-corrected chi connectivity index (χ3v) is 3.63. The van der Waals surface area contributed by atoms with Crippen molar-refractivity contribution in [1.82, 2.24) is 10.2 Å². The van der Waals surface area contributed by atoms with Gasteiger partial charge in [0.1, 0.15) is 5.70 Å². The molecule has 0 unspecified atom stereocenters. The van der Waals surface area contributed by atoms with Gasteiger partial charge in [0.25, 0.3) is 11.8 Å². The Labute approximate surface area is 139 Å². The predicted molar refractivity (Wildman–Crippen MR) is 88.0 cm³/mol. The van der Waals surface area contributed by atoms with Crippen molar-refractivity contribution in [2.24, 2.45) is 0 Å². The number of rotatable bonds is 4. The molecule has 1 fully saturated rings. The van der Waals surface area contributed by atoms with E-state index in [1.807, 2.05) is 30.3 Å². The van der Waals surface area contributed by atoms with Gasteiger partial charge >= 0.3 is 0 Å². The first-order chi connectivity index (χ1) is 11.7. The summed E-state index contributed by atoms with van der Waals surface area (Å²) in [6.07, 6.45) is 3.08. The molecule has 0 saturated carbocycles. The Hall–Kier alpha value is -2.86. The zero-order chi connectivity index (χ0) is 16.8. The largest absolute Gasteiger partial charge is 0.459 e. The van der Waals surface area contributed by atoms with Crippen LogP contribution in [0.4, 0.5) is 0 Å². The van der Waals surface area contributed by atoms with E-state index in [0.29, 0.717) is 26.3 Å². The standard InChI is InChI=1S/C18H18N2O4/c21-17(16-7-4-10-24-16)19-15(13-14-5-2-1-3-6-14)18(22)20-8-11-23-12-9-20/h1-7,10,13H,8-9,11-12H2,(H,19,21)/b15-13+. The molecule has 124 valence electrons. The van der Waals surface area contributed by atoms with Gasteiger partial charge in [-0.15, -0.1) is 0 Å². The second-order valence-electron chi connectivity index (χ2n) is 5.30. The third kappa shape index (κ3) is 3.91. The SMILES string of the molecule is O=C(N/C(=C/c1ccccc1)C(=O)N1CCOCC1)c1ccco1. The number of nitrogens with one attached hydrogen (secondary N) is 1. The Morgan fingerprint density at radius 1 is 1.04 bits per heavy atom. The zero-order valence-corrected chi connectivity index (χ0v) is 13.1. The maximum atomic E-state index is 12.8. The van der Waals surface area contributed by atoms with Crippen LogP contribution >= 0.6 is 0 Å². The van der Waals surface area contributed by atoms with Gasteiger partial charge in [-0.3, -0.25) is 9.59 Å². The number of morpholine rings is 1. The van der Waals surface area contributed by atoms with E-state index < -0.39 is 5.91 Å². The number of ether oxygens (including phenoxy) is 1. The summed E-state index contributed by atoms with van der Waals surface area (Å²) in [4.78, 5) is 26.7. The molecule has 2 aromatic rings. The molecule has 1 aromatic heterocycles. The van der Waals surface area contributed by atoms with Crippen LogP contribution in [0, 0.1) is 0 Å². The molecule has 2 heterocycles. The van der Waals surface area contributed by atoms with E-state index in [2.05, 4.69) is 5.32 Å². The minimum Gasteiger partial charge on any atom is -0.459 e.